The number of hydrogen-bond donors (Lipinski definition) is 1. The Morgan fingerprint density at radius 1 is 0.931 bits per heavy atom. The molecule has 0 saturated heterocycles. The molecule has 0 radical (unpaired) electrons. The zero-order valence-corrected chi connectivity index (χ0v) is 19.5. The lowest BCUT2D eigenvalue weighted by Gasteiger charge is -2.18. The Bertz CT molecular complexity index is 550. The van der Waals surface area contributed by atoms with Crippen LogP contribution in [0.25, 0.3) is 0 Å². The van der Waals surface area contributed by atoms with Gasteiger partial charge < -0.3 is 14.8 Å². The predicted octanol–water partition coefficient (Wildman–Crippen LogP) is 5.87. The summed E-state index contributed by atoms with van der Waals surface area (Å²) in [5, 5.41) is 2.87. The number of nitrogens with one attached hydrogen (secondary N) is 1. The number of aromatic nitrogens is 2. The molecule has 1 atom stereocenters. The first-order valence-corrected chi connectivity index (χ1v) is 12.1. The van der Waals surface area contributed by atoms with Crippen LogP contribution in [0.4, 0.5) is 5.69 Å². The molecule has 1 rings (SSSR count). The second-order valence-electron chi connectivity index (χ2n) is 7.23. The van der Waals surface area contributed by atoms with Crippen molar-refractivity contribution < 1.29 is 14.3 Å². The van der Waals surface area contributed by atoms with Gasteiger partial charge in [-0.3, -0.25) is 4.79 Å². The van der Waals surface area contributed by atoms with Gasteiger partial charge in [-0.15, -0.1) is 11.8 Å². The van der Waals surface area contributed by atoms with Gasteiger partial charge >= 0.3 is 0 Å². The number of hydrogen-bond acceptors (Lipinski definition) is 6. The van der Waals surface area contributed by atoms with Crippen molar-refractivity contribution in [1.29, 1.82) is 0 Å². The highest BCUT2D eigenvalue weighted by Crippen LogP contribution is 2.31. The van der Waals surface area contributed by atoms with Crippen molar-refractivity contribution in [3.63, 3.8) is 0 Å². The standard InChI is InChI=1S/C22H39N3O3S/c1-5-7-9-11-12-13-15-18(29-16-14-10-8-6-2)20(26)25-19-21(27-3)23-17-24-22(19)28-4/h17-18H,5-16H2,1-4H3,(H,25,26). The van der Waals surface area contributed by atoms with Crippen LogP contribution in [0.15, 0.2) is 6.33 Å². The predicted molar refractivity (Wildman–Crippen MR) is 122 cm³/mol. The molecule has 0 bridgehead atoms. The number of ether oxygens (including phenoxy) is 2. The molecule has 0 aliphatic rings. The minimum absolute atomic E-state index is 0.0227. The molecule has 6 nitrogen and oxygen atoms in total. The Hall–Kier alpha value is -1.50. The molecule has 0 spiro atoms. The van der Waals surface area contributed by atoms with Gasteiger partial charge in [-0.2, -0.15) is 9.97 Å². The Morgan fingerprint density at radius 3 is 2.07 bits per heavy atom. The fourth-order valence-corrected chi connectivity index (χ4v) is 4.33. The van der Waals surface area contributed by atoms with Crippen molar-refractivity contribution >= 4 is 23.4 Å². The van der Waals surface area contributed by atoms with E-state index in [0.717, 1.165) is 25.0 Å². The second-order valence-corrected chi connectivity index (χ2v) is 8.54. The summed E-state index contributed by atoms with van der Waals surface area (Å²) in [6, 6.07) is 0. The highest BCUT2D eigenvalue weighted by Gasteiger charge is 2.23. The number of thioether (sulfide) groups is 1. The van der Waals surface area contributed by atoms with Gasteiger partial charge in [0.15, 0.2) is 5.69 Å². The summed E-state index contributed by atoms with van der Waals surface area (Å²) in [5.41, 5.74) is 0.405. The van der Waals surface area contributed by atoms with E-state index >= 15 is 0 Å². The van der Waals surface area contributed by atoms with E-state index in [4.69, 9.17) is 9.47 Å². The van der Waals surface area contributed by atoms with Crippen LogP contribution in [0.3, 0.4) is 0 Å². The van der Waals surface area contributed by atoms with Gasteiger partial charge in [0.05, 0.1) is 19.5 Å². The average Bonchev–Trinajstić information content (AvgIpc) is 2.74. The maximum atomic E-state index is 13.0. The summed E-state index contributed by atoms with van der Waals surface area (Å²) in [4.78, 5) is 21.2. The van der Waals surface area contributed by atoms with Crippen molar-refractivity contribution in [2.24, 2.45) is 0 Å². The Kier molecular flexibility index (Phi) is 14.4. The van der Waals surface area contributed by atoms with Crippen molar-refractivity contribution in [2.75, 3.05) is 25.3 Å². The molecule has 1 unspecified atom stereocenters. The zero-order chi connectivity index (χ0) is 21.3. The van der Waals surface area contributed by atoms with Crippen LogP contribution in [0, 0.1) is 0 Å². The molecule has 0 aliphatic heterocycles. The SMILES string of the molecule is CCCCCCCCC(SCCCCCC)C(=O)Nc1c(OC)ncnc1OC. The van der Waals surface area contributed by atoms with Crippen LogP contribution in [0.2, 0.25) is 0 Å². The summed E-state index contributed by atoms with van der Waals surface area (Å²) in [5.74, 6) is 1.62. The second kappa shape index (κ2) is 16.3. The van der Waals surface area contributed by atoms with Crippen molar-refractivity contribution in [3.05, 3.63) is 6.33 Å². The number of rotatable bonds is 17. The van der Waals surface area contributed by atoms with Crippen LogP contribution >= 0.6 is 11.8 Å². The average molecular weight is 426 g/mol. The third-order valence-electron chi connectivity index (χ3n) is 4.84. The van der Waals surface area contributed by atoms with Crippen molar-refractivity contribution in [3.8, 4) is 11.8 Å². The molecule has 1 N–H and O–H groups in total. The number of amides is 1. The molecule has 7 heteroatoms. The van der Waals surface area contributed by atoms with Gasteiger partial charge in [-0.25, -0.2) is 0 Å². The molecule has 166 valence electrons. The van der Waals surface area contributed by atoms with Crippen LogP contribution in [0.5, 0.6) is 11.8 Å². The van der Waals surface area contributed by atoms with Gasteiger partial charge in [-0.1, -0.05) is 71.6 Å². The maximum absolute atomic E-state index is 13.0. The molecule has 1 aromatic rings. The Labute approximate surface area is 181 Å². The lowest BCUT2D eigenvalue weighted by atomic mass is 10.1. The fraction of sp³-hybridized carbons (Fsp3) is 0.773. The lowest BCUT2D eigenvalue weighted by molar-refractivity contribution is -0.115. The van der Waals surface area contributed by atoms with Gasteiger partial charge in [0.2, 0.25) is 17.7 Å². The minimum atomic E-state index is -0.0857. The maximum Gasteiger partial charge on any atom is 0.244 e. The largest absolute Gasteiger partial charge is 0.479 e. The highest BCUT2D eigenvalue weighted by atomic mass is 32.2. The van der Waals surface area contributed by atoms with E-state index in [1.54, 1.807) is 11.8 Å². The molecular formula is C22H39N3O3S. The third kappa shape index (κ3) is 10.2. The van der Waals surface area contributed by atoms with E-state index in [2.05, 4.69) is 29.1 Å². The van der Waals surface area contributed by atoms with E-state index in [1.807, 2.05) is 0 Å². The number of anilines is 1. The molecule has 1 aromatic heterocycles. The molecular weight excluding hydrogens is 386 g/mol. The van der Waals surface area contributed by atoms with E-state index in [9.17, 15) is 4.79 Å². The molecule has 1 heterocycles. The normalized spacial score (nSPS) is 11.9. The number of carbonyl (C=O) groups is 1. The number of unbranched alkanes of at least 4 members (excludes halogenated alkanes) is 8. The number of methoxy groups -OCH3 is 2. The van der Waals surface area contributed by atoms with Crippen molar-refractivity contribution in [1.82, 2.24) is 9.97 Å². The summed E-state index contributed by atoms with van der Waals surface area (Å²) in [6.45, 7) is 4.44. The molecule has 1 amide bonds. The summed E-state index contributed by atoms with van der Waals surface area (Å²) in [6.07, 6.45) is 14.4. The van der Waals surface area contributed by atoms with Gasteiger partial charge in [0.1, 0.15) is 6.33 Å². The topological polar surface area (TPSA) is 73.3 Å². The van der Waals surface area contributed by atoms with Crippen LogP contribution in [-0.2, 0) is 4.79 Å². The molecule has 0 aliphatic carbocycles. The van der Waals surface area contributed by atoms with Crippen LogP contribution < -0.4 is 14.8 Å². The molecule has 29 heavy (non-hydrogen) atoms. The molecule has 0 aromatic carbocycles. The third-order valence-corrected chi connectivity index (χ3v) is 6.22. The van der Waals surface area contributed by atoms with E-state index in [-0.39, 0.29) is 11.2 Å². The number of nitrogens with zero attached hydrogens (tertiary/aromatic N) is 2. The van der Waals surface area contributed by atoms with Crippen LogP contribution in [-0.4, -0.2) is 41.1 Å². The van der Waals surface area contributed by atoms with Crippen molar-refractivity contribution in [2.45, 2.75) is 89.7 Å². The summed E-state index contributed by atoms with van der Waals surface area (Å²) >= 11 is 1.76. The lowest BCUT2D eigenvalue weighted by Crippen LogP contribution is -2.26. The minimum Gasteiger partial charge on any atom is -0.479 e. The molecule has 0 saturated carbocycles. The first kappa shape index (κ1) is 25.5. The summed E-state index contributed by atoms with van der Waals surface area (Å²) < 4.78 is 10.6. The van der Waals surface area contributed by atoms with Gasteiger partial charge in [-0.05, 0) is 18.6 Å². The van der Waals surface area contributed by atoms with E-state index in [0.29, 0.717) is 17.4 Å². The quantitative estimate of drug-likeness (QED) is 0.315. The zero-order valence-electron chi connectivity index (χ0n) is 18.7. The number of carbonyl (C=O) groups excluding carboxylic acids is 1. The molecule has 0 fully saturated rings. The first-order valence-electron chi connectivity index (χ1n) is 11.0. The Balaban J connectivity index is 2.68. The van der Waals surface area contributed by atoms with Gasteiger partial charge in [0.25, 0.3) is 0 Å². The smallest absolute Gasteiger partial charge is 0.244 e. The fourth-order valence-electron chi connectivity index (χ4n) is 3.13. The first-order chi connectivity index (χ1) is 14.2. The van der Waals surface area contributed by atoms with Gasteiger partial charge in [0, 0.05) is 0 Å². The van der Waals surface area contributed by atoms with Crippen LogP contribution in [0.1, 0.15) is 84.5 Å². The Morgan fingerprint density at radius 2 is 1.48 bits per heavy atom. The van der Waals surface area contributed by atoms with E-state index in [1.165, 1.54) is 71.9 Å². The highest BCUT2D eigenvalue weighted by molar-refractivity contribution is 8.00. The van der Waals surface area contributed by atoms with E-state index < -0.39 is 0 Å². The summed E-state index contributed by atoms with van der Waals surface area (Å²) in [7, 11) is 3.04. The monoisotopic (exact) mass is 425 g/mol.